The molecule has 0 bridgehead atoms. The van der Waals surface area contributed by atoms with Crippen molar-refractivity contribution in [2.45, 2.75) is 44.0 Å². The van der Waals surface area contributed by atoms with Gasteiger partial charge in [0.05, 0.1) is 23.2 Å². The molecule has 0 aliphatic carbocycles. The number of guanidine groups is 1. The zero-order chi connectivity index (χ0) is 25.8. The number of hydrogen-bond donors (Lipinski definition) is 4. The van der Waals surface area contributed by atoms with E-state index in [1.165, 1.54) is 25.1 Å². The van der Waals surface area contributed by atoms with E-state index in [-0.39, 0.29) is 35.2 Å². The molecule has 0 unspecified atom stereocenters. The normalized spacial score (nSPS) is 13.3. The van der Waals surface area contributed by atoms with Crippen molar-refractivity contribution in [1.29, 1.82) is 0 Å². The van der Waals surface area contributed by atoms with Gasteiger partial charge in [-0.2, -0.15) is 0 Å². The van der Waals surface area contributed by atoms with Crippen LogP contribution < -0.4 is 31.4 Å². The molecule has 35 heavy (non-hydrogen) atoms. The van der Waals surface area contributed by atoms with Gasteiger partial charge in [0, 0.05) is 25.6 Å². The van der Waals surface area contributed by atoms with E-state index in [1.54, 1.807) is 13.0 Å². The number of aromatic nitrogens is 1. The van der Waals surface area contributed by atoms with Crippen molar-refractivity contribution in [2.75, 3.05) is 22.8 Å². The number of benzene rings is 1. The van der Waals surface area contributed by atoms with Crippen molar-refractivity contribution >= 4 is 39.6 Å². The average molecular weight is 505 g/mol. The van der Waals surface area contributed by atoms with Crippen molar-refractivity contribution in [3.05, 3.63) is 45.9 Å². The van der Waals surface area contributed by atoms with E-state index in [9.17, 15) is 22.8 Å². The Balaban J connectivity index is 2.00. The molecule has 1 amide bonds. The van der Waals surface area contributed by atoms with Gasteiger partial charge >= 0.3 is 0 Å². The van der Waals surface area contributed by atoms with Crippen LogP contribution >= 0.6 is 0 Å². The molecule has 1 aliphatic rings. The van der Waals surface area contributed by atoms with Gasteiger partial charge in [-0.1, -0.05) is 0 Å². The Morgan fingerprint density at radius 3 is 2.74 bits per heavy atom. The Morgan fingerprint density at radius 1 is 1.34 bits per heavy atom. The van der Waals surface area contributed by atoms with Crippen molar-refractivity contribution in [2.24, 2.45) is 16.5 Å². The first-order valence-electron chi connectivity index (χ1n) is 10.9. The number of carbonyl (C=O) groups excluding carboxylic acids is 2. The number of carbonyl (C=O) groups is 2. The number of H-pyrrole nitrogens is 1. The van der Waals surface area contributed by atoms with Crippen LogP contribution in [0.15, 0.2) is 38.9 Å². The van der Waals surface area contributed by atoms with Gasteiger partial charge in [0.15, 0.2) is 5.96 Å². The molecule has 2 aromatic rings. The molecule has 1 aromatic heterocycles. The molecule has 0 spiro atoms. The zero-order valence-corrected chi connectivity index (χ0v) is 20.2. The maximum absolute atomic E-state index is 13.2. The van der Waals surface area contributed by atoms with E-state index in [0.717, 1.165) is 10.5 Å². The standard InChI is InChI=1S/C22H28N6O6S/c1-13-10-18(27-35(32,33)17-5-6-19-15(11-17)7-9-34-19)20(21(31)26-13)28(14(2)30)16(12-29)4-3-8-25-22(23)24/h5-6,10-12,16H,3-4,7-9H2,1-2H3,(H4,23,24,25)(H2,26,27,31)/t16-/m0/s1. The van der Waals surface area contributed by atoms with E-state index in [4.69, 9.17) is 16.2 Å². The molecule has 0 saturated heterocycles. The summed E-state index contributed by atoms with van der Waals surface area (Å²) >= 11 is 0. The molecule has 1 aromatic carbocycles. The second-order valence-corrected chi connectivity index (χ2v) is 9.74. The smallest absolute Gasteiger partial charge is 0.274 e. The summed E-state index contributed by atoms with van der Waals surface area (Å²) in [5.74, 6) is -0.108. The Kier molecular flexibility index (Phi) is 7.79. The molecule has 12 nitrogen and oxygen atoms in total. The molecule has 1 aliphatic heterocycles. The van der Waals surface area contributed by atoms with Crippen LogP contribution in [0.4, 0.5) is 11.4 Å². The number of sulfonamides is 1. The number of nitrogens with two attached hydrogens (primary N) is 2. The lowest BCUT2D eigenvalue weighted by Gasteiger charge is -2.28. The number of ether oxygens (including phenoxy) is 1. The van der Waals surface area contributed by atoms with Gasteiger partial charge in [0.1, 0.15) is 17.7 Å². The number of amides is 1. The number of hydrogen-bond acceptors (Lipinski definition) is 7. The summed E-state index contributed by atoms with van der Waals surface area (Å²) in [6.45, 7) is 3.43. The number of rotatable bonds is 10. The van der Waals surface area contributed by atoms with E-state index < -0.39 is 27.5 Å². The highest BCUT2D eigenvalue weighted by Gasteiger charge is 2.29. The topological polar surface area (TPSA) is 190 Å². The second kappa shape index (κ2) is 10.6. The number of pyridine rings is 1. The highest BCUT2D eigenvalue weighted by atomic mass is 32.2. The summed E-state index contributed by atoms with van der Waals surface area (Å²) in [6, 6.07) is 4.81. The van der Waals surface area contributed by atoms with Crippen LogP contribution in [0.2, 0.25) is 0 Å². The molecular formula is C22H28N6O6S. The minimum atomic E-state index is -4.14. The van der Waals surface area contributed by atoms with E-state index in [1.807, 2.05) is 0 Å². The zero-order valence-electron chi connectivity index (χ0n) is 19.4. The number of nitrogens with one attached hydrogen (secondary N) is 2. The second-order valence-electron chi connectivity index (χ2n) is 8.06. The number of anilines is 2. The van der Waals surface area contributed by atoms with E-state index in [2.05, 4.69) is 14.7 Å². The maximum atomic E-state index is 13.2. The largest absolute Gasteiger partial charge is 0.493 e. The van der Waals surface area contributed by atoms with Gasteiger partial charge in [-0.15, -0.1) is 0 Å². The van der Waals surface area contributed by atoms with Crippen molar-refractivity contribution in [3.63, 3.8) is 0 Å². The third-order valence-electron chi connectivity index (χ3n) is 5.38. The molecule has 1 atom stereocenters. The van der Waals surface area contributed by atoms with Crippen LogP contribution in [-0.2, 0) is 26.0 Å². The Labute approximate surface area is 202 Å². The molecule has 0 fully saturated rings. The number of aromatic amines is 1. The number of nitrogens with zero attached hydrogens (tertiary/aromatic N) is 2. The van der Waals surface area contributed by atoms with Crippen LogP contribution in [0.3, 0.4) is 0 Å². The fraction of sp³-hybridized carbons (Fsp3) is 0.364. The van der Waals surface area contributed by atoms with Gasteiger partial charge in [-0.3, -0.25) is 24.2 Å². The molecular weight excluding hydrogens is 476 g/mol. The summed E-state index contributed by atoms with van der Waals surface area (Å²) < 4.78 is 34.3. The van der Waals surface area contributed by atoms with Gasteiger partial charge in [0.2, 0.25) is 5.91 Å². The summed E-state index contributed by atoms with van der Waals surface area (Å²) in [5, 5.41) is 0. The van der Waals surface area contributed by atoms with E-state index in [0.29, 0.717) is 37.2 Å². The van der Waals surface area contributed by atoms with E-state index >= 15 is 0 Å². The molecule has 13 heteroatoms. The molecule has 0 saturated carbocycles. The molecule has 0 radical (unpaired) electrons. The Hall–Kier alpha value is -3.87. The average Bonchev–Trinajstić information content (AvgIpc) is 3.24. The Bertz CT molecular complexity index is 1320. The highest BCUT2D eigenvalue weighted by Crippen LogP contribution is 2.31. The van der Waals surface area contributed by atoms with Gasteiger partial charge in [-0.25, -0.2) is 8.42 Å². The van der Waals surface area contributed by atoms with Gasteiger partial charge in [0.25, 0.3) is 15.6 Å². The third kappa shape index (κ3) is 5.98. The molecule has 188 valence electrons. The fourth-order valence-electron chi connectivity index (χ4n) is 3.86. The number of aldehydes is 1. The quantitative estimate of drug-likeness (QED) is 0.155. The first-order valence-corrected chi connectivity index (χ1v) is 12.3. The summed E-state index contributed by atoms with van der Waals surface area (Å²) in [6.07, 6.45) is 1.58. The lowest BCUT2D eigenvalue weighted by atomic mass is 10.1. The van der Waals surface area contributed by atoms with Crippen LogP contribution in [0, 0.1) is 6.92 Å². The first kappa shape index (κ1) is 25.7. The predicted octanol–water partition coefficient (Wildman–Crippen LogP) is 0.393. The minimum Gasteiger partial charge on any atom is -0.493 e. The van der Waals surface area contributed by atoms with Gasteiger partial charge in [-0.05, 0) is 49.6 Å². The predicted molar refractivity (Wildman–Crippen MR) is 131 cm³/mol. The summed E-state index contributed by atoms with van der Waals surface area (Å²) in [5.41, 5.74) is 10.6. The lowest BCUT2D eigenvalue weighted by molar-refractivity contribution is -0.119. The fourth-order valence-corrected chi connectivity index (χ4v) is 4.96. The Morgan fingerprint density at radius 2 is 2.09 bits per heavy atom. The monoisotopic (exact) mass is 504 g/mol. The SMILES string of the molecule is CC(=O)N(c1c(NS(=O)(=O)c2ccc3c(c2)CCO3)cc(C)[nH]c1=O)[C@H](C=O)CCCN=C(N)N. The van der Waals surface area contributed by atoms with Crippen molar-refractivity contribution in [1.82, 2.24) is 4.98 Å². The van der Waals surface area contributed by atoms with Crippen molar-refractivity contribution in [3.8, 4) is 5.75 Å². The molecule has 3 rings (SSSR count). The van der Waals surface area contributed by atoms with Crippen molar-refractivity contribution < 1.29 is 22.7 Å². The van der Waals surface area contributed by atoms with Crippen LogP contribution in [0.25, 0.3) is 0 Å². The maximum Gasteiger partial charge on any atom is 0.274 e. The third-order valence-corrected chi connectivity index (χ3v) is 6.74. The van der Waals surface area contributed by atoms with Crippen LogP contribution in [-0.4, -0.2) is 50.7 Å². The highest BCUT2D eigenvalue weighted by molar-refractivity contribution is 7.92. The van der Waals surface area contributed by atoms with Gasteiger partial charge < -0.3 is 26.0 Å². The number of fused-ring (bicyclic) bond motifs is 1. The first-order chi connectivity index (χ1) is 16.5. The number of aliphatic imine (C=N–C) groups is 1. The summed E-state index contributed by atoms with van der Waals surface area (Å²) in [4.78, 5) is 44.8. The number of aryl methyl sites for hydroxylation is 1. The molecule has 6 N–H and O–H groups in total. The van der Waals surface area contributed by atoms with Crippen LogP contribution in [0.5, 0.6) is 5.75 Å². The minimum absolute atomic E-state index is 0.0239. The molecule has 2 heterocycles. The summed E-state index contributed by atoms with van der Waals surface area (Å²) in [7, 11) is -4.14. The lowest BCUT2D eigenvalue weighted by Crippen LogP contribution is -2.44. The van der Waals surface area contributed by atoms with Crippen LogP contribution in [0.1, 0.15) is 31.0 Å².